The molecule has 0 aliphatic heterocycles. The van der Waals surface area contributed by atoms with Crippen LogP contribution in [0.25, 0.3) is 10.2 Å². The zero-order chi connectivity index (χ0) is 22.0. The number of aliphatic hydroxyl groups is 1. The van der Waals surface area contributed by atoms with Crippen molar-refractivity contribution >= 4 is 27.3 Å². The normalized spacial score (nSPS) is 11.4. The maximum atomic E-state index is 13.5. The lowest BCUT2D eigenvalue weighted by atomic mass is 10.1. The average Bonchev–Trinajstić information content (AvgIpc) is 3.02. The second-order valence-corrected chi connectivity index (χ2v) is 7.73. The Morgan fingerprint density at radius 1 is 1.13 bits per heavy atom. The molecule has 7 nitrogen and oxygen atoms in total. The Morgan fingerprint density at radius 3 is 2.40 bits per heavy atom. The van der Waals surface area contributed by atoms with Crippen LogP contribution in [-0.4, -0.2) is 40.3 Å². The van der Waals surface area contributed by atoms with Crippen molar-refractivity contribution in [3.63, 3.8) is 0 Å². The third kappa shape index (κ3) is 4.11. The number of rotatable bonds is 8. The number of ketones is 1. The van der Waals surface area contributed by atoms with Crippen molar-refractivity contribution in [1.29, 1.82) is 0 Å². The van der Waals surface area contributed by atoms with Gasteiger partial charge in [-0.3, -0.25) is 18.7 Å². The lowest BCUT2D eigenvalue weighted by molar-refractivity contribution is 0.0851. The molecule has 0 aliphatic rings. The largest absolute Gasteiger partial charge is 0.395 e. The number of nitrogens with zero attached hydrogens (tertiary/aromatic N) is 2. The molecule has 0 bridgehead atoms. The van der Waals surface area contributed by atoms with Crippen molar-refractivity contribution in [2.45, 2.75) is 26.4 Å². The van der Waals surface area contributed by atoms with Gasteiger partial charge < -0.3 is 9.84 Å². The van der Waals surface area contributed by atoms with Crippen LogP contribution in [0.3, 0.4) is 0 Å². The lowest BCUT2D eigenvalue weighted by Crippen LogP contribution is -2.40. The average molecular weight is 438 g/mol. The molecular weight excluding hydrogens is 418 g/mol. The Labute approximate surface area is 173 Å². The summed E-state index contributed by atoms with van der Waals surface area (Å²) in [6, 6.07) is 3.09. The van der Waals surface area contributed by atoms with E-state index >= 15 is 0 Å². The van der Waals surface area contributed by atoms with Gasteiger partial charge in [-0.1, -0.05) is 0 Å². The van der Waals surface area contributed by atoms with E-state index in [9.17, 15) is 28.3 Å². The van der Waals surface area contributed by atoms with Gasteiger partial charge in [-0.05, 0) is 36.6 Å². The van der Waals surface area contributed by atoms with Crippen LogP contribution in [0.1, 0.15) is 20.8 Å². The number of hydrogen-bond donors (Lipinski definition) is 1. The summed E-state index contributed by atoms with van der Waals surface area (Å²) in [4.78, 5) is 38.8. The second-order valence-electron chi connectivity index (χ2n) is 6.73. The van der Waals surface area contributed by atoms with Crippen LogP contribution in [-0.2, 0) is 24.2 Å². The van der Waals surface area contributed by atoms with Crippen LogP contribution < -0.4 is 11.2 Å². The number of fused-ring (bicyclic) bond motifs is 1. The maximum Gasteiger partial charge on any atom is 0.332 e. The first-order chi connectivity index (χ1) is 14.3. The number of carbonyl (C=O) groups excluding carboxylic acids is 1. The highest BCUT2D eigenvalue weighted by Crippen LogP contribution is 2.28. The summed E-state index contributed by atoms with van der Waals surface area (Å²) < 4.78 is 34.1. The van der Waals surface area contributed by atoms with Gasteiger partial charge >= 0.3 is 5.69 Å². The van der Waals surface area contributed by atoms with E-state index in [0.717, 1.165) is 22.0 Å². The molecule has 0 aliphatic carbocycles. The molecule has 0 radical (unpaired) electrons. The van der Waals surface area contributed by atoms with E-state index in [0.29, 0.717) is 20.8 Å². The molecule has 160 valence electrons. The number of hydrogen-bond acceptors (Lipinski definition) is 6. The first-order valence-corrected chi connectivity index (χ1v) is 9.94. The summed E-state index contributed by atoms with van der Waals surface area (Å²) in [5.41, 5.74) is -0.483. The fraction of sp³-hybridized carbons (Fsp3) is 0.350. The minimum absolute atomic E-state index is 0.0296. The molecular formula is C20H20F2N2O5S. The van der Waals surface area contributed by atoms with E-state index in [4.69, 9.17) is 4.74 Å². The van der Waals surface area contributed by atoms with Gasteiger partial charge in [0.2, 0.25) is 0 Å². The molecule has 10 heteroatoms. The zero-order valence-corrected chi connectivity index (χ0v) is 17.2. The van der Waals surface area contributed by atoms with Gasteiger partial charge in [0.25, 0.3) is 5.56 Å². The zero-order valence-electron chi connectivity index (χ0n) is 16.4. The number of halogens is 2. The number of aryl methyl sites for hydroxylation is 3. The summed E-state index contributed by atoms with van der Waals surface area (Å²) in [5.74, 6) is -1.78. The number of aliphatic hydroxyl groups excluding tert-OH is 1. The van der Waals surface area contributed by atoms with Gasteiger partial charge in [0.1, 0.15) is 23.1 Å². The predicted molar refractivity (Wildman–Crippen MR) is 108 cm³/mol. The molecule has 3 rings (SSSR count). The van der Waals surface area contributed by atoms with Crippen LogP contribution >= 0.6 is 11.3 Å². The Balaban J connectivity index is 2.18. The summed E-state index contributed by atoms with van der Waals surface area (Å²) in [7, 11) is 1.38. The summed E-state index contributed by atoms with van der Waals surface area (Å²) >= 11 is 1.00. The SMILES string of the molecule is COCC(=O)c1sc2c(c1C)c(=O)n(CCO)c(=O)n2CCc1cc(F)cc(F)c1. The summed E-state index contributed by atoms with van der Waals surface area (Å²) in [5, 5.41) is 9.48. The maximum absolute atomic E-state index is 13.5. The van der Waals surface area contributed by atoms with E-state index in [2.05, 4.69) is 0 Å². The van der Waals surface area contributed by atoms with E-state index in [1.807, 2.05) is 0 Å². The number of carbonyl (C=O) groups is 1. The van der Waals surface area contributed by atoms with E-state index < -0.39 is 29.5 Å². The molecule has 2 aromatic heterocycles. The molecule has 0 saturated heterocycles. The van der Waals surface area contributed by atoms with Crippen molar-refractivity contribution in [3.05, 3.63) is 66.7 Å². The molecule has 30 heavy (non-hydrogen) atoms. The smallest absolute Gasteiger partial charge is 0.332 e. The quantitative estimate of drug-likeness (QED) is 0.543. The molecule has 0 saturated carbocycles. The van der Waals surface area contributed by atoms with Gasteiger partial charge in [-0.25, -0.2) is 13.6 Å². The summed E-state index contributed by atoms with van der Waals surface area (Å²) in [6.07, 6.45) is 0.124. The van der Waals surface area contributed by atoms with Crippen LogP contribution in [0.4, 0.5) is 8.78 Å². The lowest BCUT2D eigenvalue weighted by Gasteiger charge is -2.12. The fourth-order valence-corrected chi connectivity index (χ4v) is 4.59. The minimum Gasteiger partial charge on any atom is -0.395 e. The highest BCUT2D eigenvalue weighted by atomic mass is 32.1. The van der Waals surface area contributed by atoms with Crippen molar-refractivity contribution in [1.82, 2.24) is 9.13 Å². The topological polar surface area (TPSA) is 90.5 Å². The molecule has 0 spiro atoms. The first kappa shape index (κ1) is 22.0. The van der Waals surface area contributed by atoms with Crippen LogP contribution in [0.2, 0.25) is 0 Å². The van der Waals surface area contributed by atoms with Gasteiger partial charge in [0.05, 0.1) is 23.4 Å². The highest BCUT2D eigenvalue weighted by Gasteiger charge is 2.23. The molecule has 1 aromatic carbocycles. The Hall–Kier alpha value is -2.69. The first-order valence-electron chi connectivity index (χ1n) is 9.13. The molecule has 0 amide bonds. The van der Waals surface area contributed by atoms with Gasteiger partial charge in [-0.2, -0.15) is 0 Å². The van der Waals surface area contributed by atoms with Crippen molar-refractivity contribution < 1.29 is 23.4 Å². The Kier molecular flexibility index (Phi) is 6.59. The van der Waals surface area contributed by atoms with Crippen LogP contribution in [0.15, 0.2) is 27.8 Å². The molecule has 0 unspecified atom stereocenters. The monoisotopic (exact) mass is 438 g/mol. The Morgan fingerprint density at radius 2 is 1.80 bits per heavy atom. The number of Topliss-reactive ketones (excluding diaryl/α,β-unsaturated/α-hetero) is 1. The number of aromatic nitrogens is 2. The Bertz CT molecular complexity index is 1210. The van der Waals surface area contributed by atoms with Crippen LogP contribution in [0.5, 0.6) is 0 Å². The van der Waals surface area contributed by atoms with Crippen molar-refractivity contribution in [2.75, 3.05) is 20.3 Å². The fourth-order valence-electron chi connectivity index (χ4n) is 3.35. The molecule has 1 N–H and O–H groups in total. The number of thiophene rings is 1. The predicted octanol–water partition coefficient (Wildman–Crippen LogP) is 1.88. The third-order valence-electron chi connectivity index (χ3n) is 4.69. The van der Waals surface area contributed by atoms with Crippen LogP contribution in [0, 0.1) is 18.6 Å². The molecule has 0 fully saturated rings. The molecule has 2 heterocycles. The molecule has 0 atom stereocenters. The third-order valence-corrected chi connectivity index (χ3v) is 6.05. The molecule has 3 aromatic rings. The van der Waals surface area contributed by atoms with Gasteiger partial charge in [0.15, 0.2) is 5.78 Å². The van der Waals surface area contributed by atoms with E-state index in [1.54, 1.807) is 6.92 Å². The van der Waals surface area contributed by atoms with E-state index in [-0.39, 0.29) is 37.3 Å². The standard InChI is InChI=1S/C20H20F2N2O5S/c1-11-16-18(27)23(5-6-25)20(28)24(19(16)30-17(11)15(26)10-29-2)4-3-12-7-13(21)9-14(22)8-12/h7-9,25H,3-6,10H2,1-2H3. The highest BCUT2D eigenvalue weighted by molar-refractivity contribution is 7.20. The second kappa shape index (κ2) is 8.99. The number of ether oxygens (including phenoxy) is 1. The minimum atomic E-state index is -0.729. The van der Waals surface area contributed by atoms with Crippen molar-refractivity contribution in [2.24, 2.45) is 0 Å². The number of methoxy groups -OCH3 is 1. The summed E-state index contributed by atoms with van der Waals surface area (Å²) in [6.45, 7) is 0.837. The van der Waals surface area contributed by atoms with E-state index in [1.165, 1.54) is 23.8 Å². The van der Waals surface area contributed by atoms with Gasteiger partial charge in [-0.15, -0.1) is 11.3 Å². The van der Waals surface area contributed by atoms with Crippen molar-refractivity contribution in [3.8, 4) is 0 Å². The number of benzene rings is 1. The van der Waals surface area contributed by atoms with Gasteiger partial charge in [0, 0.05) is 19.7 Å².